The van der Waals surface area contributed by atoms with Crippen LogP contribution < -0.4 is 16.4 Å². The van der Waals surface area contributed by atoms with Crippen molar-refractivity contribution in [3.8, 4) is 11.4 Å². The van der Waals surface area contributed by atoms with E-state index in [1.165, 1.54) is 32.3 Å². The molecule has 3 aromatic rings. The van der Waals surface area contributed by atoms with Gasteiger partial charge in [0.25, 0.3) is 5.56 Å². The molecular weight excluding hydrogens is 363 g/mol. The summed E-state index contributed by atoms with van der Waals surface area (Å²) in [4.78, 5) is 43.8. The summed E-state index contributed by atoms with van der Waals surface area (Å²) in [6.07, 6.45) is 0. The number of benzene rings is 1. The lowest BCUT2D eigenvalue weighted by Crippen LogP contribution is -2.37. The molecule has 0 unspecified atom stereocenters. The van der Waals surface area contributed by atoms with Crippen molar-refractivity contribution >= 4 is 28.8 Å². The number of carboxylic acids is 1. The Morgan fingerprint density at radius 3 is 2.54 bits per heavy atom. The van der Waals surface area contributed by atoms with E-state index in [-0.39, 0.29) is 27.4 Å². The van der Waals surface area contributed by atoms with E-state index in [1.54, 1.807) is 6.07 Å². The van der Waals surface area contributed by atoms with E-state index in [0.717, 1.165) is 20.9 Å². The zero-order valence-electron chi connectivity index (χ0n) is 13.7. The topological polar surface area (TPSA) is 110 Å². The maximum atomic E-state index is 14.1. The lowest BCUT2D eigenvalue weighted by Gasteiger charge is -2.12. The number of carboxylic acid groups (broad SMARTS) is 1. The maximum absolute atomic E-state index is 14.1. The minimum Gasteiger partial charge on any atom is -0.549 e. The van der Waals surface area contributed by atoms with Crippen molar-refractivity contribution < 1.29 is 14.3 Å². The number of fused-ring (bicyclic) bond motifs is 1. The highest BCUT2D eigenvalue weighted by Gasteiger charge is 2.19. The van der Waals surface area contributed by atoms with Gasteiger partial charge in [-0.05, 0) is 12.1 Å². The Hall–Kier alpha value is -3.01. The predicted octanol–water partition coefficient (Wildman–Crippen LogP) is -0.325. The number of aromatic nitrogens is 4. The van der Waals surface area contributed by atoms with E-state index in [1.807, 2.05) is 0 Å². The summed E-state index contributed by atoms with van der Waals surface area (Å²) >= 11 is 0.746. The molecule has 26 heavy (non-hydrogen) atoms. The van der Waals surface area contributed by atoms with E-state index in [0.29, 0.717) is 0 Å². The van der Waals surface area contributed by atoms with Crippen LogP contribution in [0.4, 0.5) is 4.39 Å². The monoisotopic (exact) mass is 375 g/mol. The van der Waals surface area contributed by atoms with Crippen molar-refractivity contribution in [1.29, 1.82) is 0 Å². The van der Waals surface area contributed by atoms with Crippen LogP contribution in [-0.4, -0.2) is 30.8 Å². The standard InChI is InChI=1S/C16H13FN4O4S/c1-20-13-11(15(24)21(2)16(20)25)14(26-7-10(22)23)19-12(18-13)8-5-3-4-6-9(8)17/h3-6H,7H2,1-2H3,(H,22,23)/p-1. The number of halogens is 1. The molecule has 134 valence electrons. The molecule has 0 radical (unpaired) electrons. The minimum absolute atomic E-state index is 0.00722. The number of carbonyl (C=O) groups excluding carboxylic acids is 1. The number of aryl methyl sites for hydroxylation is 1. The van der Waals surface area contributed by atoms with Crippen molar-refractivity contribution in [3.05, 3.63) is 50.9 Å². The third-order valence-corrected chi connectivity index (χ3v) is 4.66. The molecule has 0 amide bonds. The fraction of sp³-hybridized carbons (Fsp3) is 0.188. The highest BCUT2D eigenvalue weighted by Crippen LogP contribution is 2.26. The summed E-state index contributed by atoms with van der Waals surface area (Å²) in [5.41, 5.74) is -1.22. The molecule has 0 aliphatic carbocycles. The van der Waals surface area contributed by atoms with Crippen LogP contribution in [0.3, 0.4) is 0 Å². The number of nitrogens with zero attached hydrogens (tertiary/aromatic N) is 4. The van der Waals surface area contributed by atoms with E-state index < -0.39 is 28.8 Å². The molecule has 0 saturated carbocycles. The Balaban J connectivity index is 2.40. The second-order valence-corrected chi connectivity index (χ2v) is 6.36. The molecule has 0 atom stereocenters. The SMILES string of the molecule is Cn1c(=O)c2c(SCC(=O)[O-])nc(-c3ccccc3F)nc2n(C)c1=O. The maximum Gasteiger partial charge on any atom is 0.332 e. The fourth-order valence-corrected chi connectivity index (χ4v) is 3.15. The fourth-order valence-electron chi connectivity index (χ4n) is 2.42. The summed E-state index contributed by atoms with van der Waals surface area (Å²) in [6, 6.07) is 5.75. The van der Waals surface area contributed by atoms with E-state index >= 15 is 0 Å². The van der Waals surface area contributed by atoms with Gasteiger partial charge in [-0.2, -0.15) is 0 Å². The number of rotatable bonds is 4. The minimum atomic E-state index is -1.35. The van der Waals surface area contributed by atoms with Gasteiger partial charge in [-0.3, -0.25) is 13.9 Å². The van der Waals surface area contributed by atoms with Crippen LogP contribution in [0.15, 0.2) is 38.9 Å². The van der Waals surface area contributed by atoms with Crippen molar-refractivity contribution in [3.63, 3.8) is 0 Å². The van der Waals surface area contributed by atoms with Gasteiger partial charge in [0.1, 0.15) is 16.2 Å². The van der Waals surface area contributed by atoms with Crippen LogP contribution in [0.1, 0.15) is 0 Å². The van der Waals surface area contributed by atoms with Crippen molar-refractivity contribution in [2.24, 2.45) is 14.1 Å². The van der Waals surface area contributed by atoms with Crippen molar-refractivity contribution in [2.75, 3.05) is 5.75 Å². The average molecular weight is 375 g/mol. The van der Waals surface area contributed by atoms with Crippen LogP contribution in [0.2, 0.25) is 0 Å². The Morgan fingerprint density at radius 1 is 1.19 bits per heavy atom. The lowest BCUT2D eigenvalue weighted by atomic mass is 10.2. The number of carbonyl (C=O) groups is 1. The molecule has 2 heterocycles. The first-order valence-electron chi connectivity index (χ1n) is 7.36. The van der Waals surface area contributed by atoms with Gasteiger partial charge in [0.2, 0.25) is 0 Å². The highest BCUT2D eigenvalue weighted by molar-refractivity contribution is 8.00. The second-order valence-electron chi connectivity index (χ2n) is 5.40. The van der Waals surface area contributed by atoms with Gasteiger partial charge in [0, 0.05) is 19.8 Å². The average Bonchev–Trinajstić information content (AvgIpc) is 2.62. The zero-order valence-corrected chi connectivity index (χ0v) is 14.5. The van der Waals surface area contributed by atoms with Gasteiger partial charge in [0.15, 0.2) is 11.5 Å². The van der Waals surface area contributed by atoms with Crippen LogP contribution in [0.25, 0.3) is 22.4 Å². The molecule has 0 spiro atoms. The summed E-state index contributed by atoms with van der Waals surface area (Å²) in [7, 11) is 2.71. The Morgan fingerprint density at radius 2 is 1.88 bits per heavy atom. The number of aliphatic carboxylic acids is 1. The third-order valence-electron chi connectivity index (χ3n) is 3.71. The lowest BCUT2D eigenvalue weighted by molar-refractivity contribution is -0.301. The predicted molar refractivity (Wildman–Crippen MR) is 91.1 cm³/mol. The van der Waals surface area contributed by atoms with Crippen LogP contribution >= 0.6 is 11.8 Å². The molecule has 0 bridgehead atoms. The molecule has 3 rings (SSSR count). The summed E-state index contributed by atoms with van der Waals surface area (Å²) < 4.78 is 16.1. The molecule has 10 heteroatoms. The summed E-state index contributed by atoms with van der Waals surface area (Å²) in [6.45, 7) is 0. The number of hydrogen-bond donors (Lipinski definition) is 0. The second kappa shape index (κ2) is 6.71. The normalized spacial score (nSPS) is 11.0. The molecule has 0 aliphatic rings. The van der Waals surface area contributed by atoms with Crippen LogP contribution in [-0.2, 0) is 18.9 Å². The molecule has 0 N–H and O–H groups in total. The van der Waals surface area contributed by atoms with Gasteiger partial charge >= 0.3 is 5.69 Å². The van der Waals surface area contributed by atoms with Gasteiger partial charge in [0.05, 0.1) is 11.5 Å². The smallest absolute Gasteiger partial charge is 0.332 e. The number of thioether (sulfide) groups is 1. The molecule has 0 fully saturated rings. The first-order valence-corrected chi connectivity index (χ1v) is 8.35. The quantitative estimate of drug-likeness (QED) is 0.454. The molecule has 2 aromatic heterocycles. The van der Waals surface area contributed by atoms with E-state index in [4.69, 9.17) is 0 Å². The van der Waals surface area contributed by atoms with Crippen LogP contribution in [0.5, 0.6) is 0 Å². The first-order chi connectivity index (χ1) is 12.3. The largest absolute Gasteiger partial charge is 0.549 e. The van der Waals surface area contributed by atoms with Gasteiger partial charge in [-0.1, -0.05) is 23.9 Å². The summed E-state index contributed by atoms with van der Waals surface area (Å²) in [5.74, 6) is -2.46. The van der Waals surface area contributed by atoms with Crippen molar-refractivity contribution in [1.82, 2.24) is 19.1 Å². The zero-order chi connectivity index (χ0) is 19.0. The van der Waals surface area contributed by atoms with Gasteiger partial charge in [-0.15, -0.1) is 0 Å². The summed E-state index contributed by atoms with van der Waals surface area (Å²) in [5, 5.41) is 10.8. The van der Waals surface area contributed by atoms with E-state index in [2.05, 4.69) is 9.97 Å². The highest BCUT2D eigenvalue weighted by atomic mass is 32.2. The Labute approximate surface area is 149 Å². The van der Waals surface area contributed by atoms with Gasteiger partial charge in [-0.25, -0.2) is 19.2 Å². The third kappa shape index (κ3) is 2.99. The van der Waals surface area contributed by atoms with Crippen molar-refractivity contribution in [2.45, 2.75) is 5.03 Å². The molecule has 0 aliphatic heterocycles. The number of hydrogen-bond acceptors (Lipinski definition) is 7. The molecular formula is C16H12FN4O4S-. The Bertz CT molecular complexity index is 1160. The molecule has 8 nitrogen and oxygen atoms in total. The molecule has 1 aromatic carbocycles. The molecule has 0 saturated heterocycles. The Kier molecular flexibility index (Phi) is 4.60. The van der Waals surface area contributed by atoms with Crippen LogP contribution in [0, 0.1) is 5.82 Å². The van der Waals surface area contributed by atoms with E-state index in [9.17, 15) is 23.9 Å². The first kappa shape index (κ1) is 17.8. The van der Waals surface area contributed by atoms with Gasteiger partial charge < -0.3 is 9.90 Å².